The summed E-state index contributed by atoms with van der Waals surface area (Å²) in [6.07, 6.45) is 7.76. The summed E-state index contributed by atoms with van der Waals surface area (Å²) in [6.45, 7) is 8.25. The van der Waals surface area contributed by atoms with E-state index >= 15 is 0 Å². The molecule has 0 unspecified atom stereocenters. The first-order valence-electron chi connectivity index (χ1n) is 16.1. The zero-order valence-electron chi connectivity index (χ0n) is 25.6. The van der Waals surface area contributed by atoms with Crippen molar-refractivity contribution in [2.45, 2.75) is 122 Å². The number of unbranched alkanes of at least 4 members (excludes halogenated alkanes) is 1. The number of ether oxygens (including phenoxy) is 1. The van der Waals surface area contributed by atoms with Crippen molar-refractivity contribution in [1.29, 1.82) is 0 Å². The van der Waals surface area contributed by atoms with Crippen LogP contribution in [0.1, 0.15) is 90.5 Å². The molecule has 0 radical (unpaired) electrons. The minimum atomic E-state index is -1.04. The van der Waals surface area contributed by atoms with Crippen molar-refractivity contribution in [3.63, 3.8) is 0 Å². The van der Waals surface area contributed by atoms with Gasteiger partial charge in [0.2, 0.25) is 11.8 Å². The number of carbonyl (C=O) groups is 2. The molecule has 1 aliphatic heterocycles. The number of aliphatic hydroxyl groups excluding tert-OH is 2. The summed E-state index contributed by atoms with van der Waals surface area (Å²) in [5.74, 6) is 0.431. The van der Waals surface area contributed by atoms with Crippen LogP contribution in [0.15, 0.2) is 30.3 Å². The third kappa shape index (κ3) is 11.3. The predicted octanol–water partition coefficient (Wildman–Crippen LogP) is 3.83. The van der Waals surface area contributed by atoms with E-state index in [0.29, 0.717) is 57.9 Å². The highest BCUT2D eigenvalue weighted by atomic mass is 16.5. The van der Waals surface area contributed by atoms with Gasteiger partial charge in [0.25, 0.3) is 0 Å². The minimum absolute atomic E-state index is 0.0161. The van der Waals surface area contributed by atoms with Crippen LogP contribution in [-0.4, -0.2) is 83.6 Å². The molecule has 4 N–H and O–H groups in total. The Balaban J connectivity index is 1.79. The molecule has 8 heteroatoms. The van der Waals surface area contributed by atoms with Gasteiger partial charge in [-0.05, 0) is 43.1 Å². The molecule has 1 heterocycles. The summed E-state index contributed by atoms with van der Waals surface area (Å²) < 4.78 is 5.47. The highest BCUT2D eigenvalue weighted by Crippen LogP contribution is 2.29. The summed E-state index contributed by atoms with van der Waals surface area (Å²) in [5.41, 5.74) is 1.03. The lowest BCUT2D eigenvalue weighted by molar-refractivity contribution is -0.138. The van der Waals surface area contributed by atoms with E-state index in [-0.39, 0.29) is 17.7 Å². The molecule has 232 valence electrons. The molecule has 1 aliphatic carbocycles. The van der Waals surface area contributed by atoms with Gasteiger partial charge in [0.05, 0.1) is 37.4 Å². The molecule has 2 amide bonds. The lowest BCUT2D eigenvalue weighted by atomic mass is 9.82. The van der Waals surface area contributed by atoms with Gasteiger partial charge in [0.1, 0.15) is 6.10 Å². The second-order valence-electron chi connectivity index (χ2n) is 12.6. The number of amides is 2. The largest absolute Gasteiger partial charge is 0.390 e. The SMILES string of the molecule is CCCC[C@H](N[C@@H](Cc1ccccc1)C(=O)N1CCOCC1)C(=O)N[C@@H](CC1CCCCC1)[C@@H](O)[C@@H](O)CC(C)C. The van der Waals surface area contributed by atoms with Gasteiger partial charge in [-0.1, -0.05) is 96.0 Å². The van der Waals surface area contributed by atoms with E-state index in [9.17, 15) is 19.8 Å². The Hall–Kier alpha value is -2.00. The number of morpholine rings is 1. The fourth-order valence-electron chi connectivity index (χ4n) is 6.25. The molecule has 5 atom stereocenters. The molecular formula is C33H55N3O5. The quantitative estimate of drug-likeness (QED) is 0.239. The van der Waals surface area contributed by atoms with Crippen LogP contribution in [0.4, 0.5) is 0 Å². The fraction of sp³-hybridized carbons (Fsp3) is 0.758. The highest BCUT2D eigenvalue weighted by molar-refractivity contribution is 5.86. The average Bonchev–Trinajstić information content (AvgIpc) is 2.98. The molecule has 1 saturated carbocycles. The van der Waals surface area contributed by atoms with Crippen LogP contribution in [0.2, 0.25) is 0 Å². The zero-order valence-corrected chi connectivity index (χ0v) is 25.6. The molecule has 2 fully saturated rings. The van der Waals surface area contributed by atoms with Gasteiger partial charge in [-0.3, -0.25) is 14.9 Å². The summed E-state index contributed by atoms with van der Waals surface area (Å²) in [5, 5.41) is 28.7. The number of nitrogens with zero attached hydrogens (tertiary/aromatic N) is 1. The second-order valence-corrected chi connectivity index (χ2v) is 12.6. The molecule has 3 rings (SSSR count). The molecule has 1 aromatic rings. The smallest absolute Gasteiger partial charge is 0.240 e. The molecule has 1 saturated heterocycles. The number of nitrogens with one attached hydrogen (secondary N) is 2. The molecule has 0 spiro atoms. The summed E-state index contributed by atoms with van der Waals surface area (Å²) >= 11 is 0. The van der Waals surface area contributed by atoms with Crippen molar-refractivity contribution < 1.29 is 24.5 Å². The van der Waals surface area contributed by atoms with Crippen molar-refractivity contribution in [3.05, 3.63) is 35.9 Å². The van der Waals surface area contributed by atoms with E-state index in [0.717, 1.165) is 31.2 Å². The first kappa shape index (κ1) is 33.5. The fourth-order valence-corrected chi connectivity index (χ4v) is 6.25. The normalized spacial score (nSPS) is 20.3. The highest BCUT2D eigenvalue weighted by Gasteiger charge is 2.35. The van der Waals surface area contributed by atoms with Crippen LogP contribution >= 0.6 is 0 Å². The number of carbonyl (C=O) groups excluding carboxylic acids is 2. The van der Waals surface area contributed by atoms with Crippen LogP contribution < -0.4 is 10.6 Å². The van der Waals surface area contributed by atoms with Gasteiger partial charge in [-0.25, -0.2) is 0 Å². The van der Waals surface area contributed by atoms with Gasteiger partial charge in [0, 0.05) is 13.1 Å². The standard InChI is InChI=1S/C33H55N3O5/c1-4-5-16-27(34-29(23-26-14-10-7-11-15-26)33(40)36-17-19-41-20-18-36)32(39)35-28(22-25-12-8-6-9-13-25)31(38)30(37)21-24(2)3/h7,10-11,14-15,24-25,27-31,34,37-38H,4-6,8-9,12-13,16-23H2,1-3H3,(H,35,39)/t27-,28-,29-,30-,31+/m0/s1. The molecule has 41 heavy (non-hydrogen) atoms. The first-order chi connectivity index (χ1) is 19.8. The Morgan fingerprint density at radius 2 is 1.71 bits per heavy atom. The van der Waals surface area contributed by atoms with E-state index < -0.39 is 30.3 Å². The maximum atomic E-state index is 13.9. The van der Waals surface area contributed by atoms with Crippen molar-refractivity contribution in [2.24, 2.45) is 11.8 Å². The Bertz CT molecular complexity index is 886. The number of aliphatic hydroxyl groups is 2. The van der Waals surface area contributed by atoms with Crippen molar-refractivity contribution in [3.8, 4) is 0 Å². The Morgan fingerprint density at radius 1 is 1.02 bits per heavy atom. The van der Waals surface area contributed by atoms with Gasteiger partial charge in [0.15, 0.2) is 0 Å². The van der Waals surface area contributed by atoms with Crippen LogP contribution in [0.3, 0.4) is 0 Å². The molecule has 0 bridgehead atoms. The third-order valence-electron chi connectivity index (χ3n) is 8.63. The molecule has 0 aromatic heterocycles. The Labute approximate surface area is 247 Å². The maximum Gasteiger partial charge on any atom is 0.240 e. The lowest BCUT2D eigenvalue weighted by Gasteiger charge is -2.35. The minimum Gasteiger partial charge on any atom is -0.390 e. The van der Waals surface area contributed by atoms with Crippen LogP contribution in [0.25, 0.3) is 0 Å². The van der Waals surface area contributed by atoms with Gasteiger partial charge < -0.3 is 25.2 Å². The molecule has 2 aliphatic rings. The van der Waals surface area contributed by atoms with Crippen LogP contribution in [0.5, 0.6) is 0 Å². The van der Waals surface area contributed by atoms with Gasteiger partial charge in [-0.2, -0.15) is 0 Å². The third-order valence-corrected chi connectivity index (χ3v) is 8.63. The maximum absolute atomic E-state index is 13.9. The van der Waals surface area contributed by atoms with E-state index in [1.54, 1.807) is 0 Å². The van der Waals surface area contributed by atoms with E-state index in [1.807, 2.05) is 49.1 Å². The number of benzene rings is 1. The van der Waals surface area contributed by atoms with Crippen molar-refractivity contribution in [1.82, 2.24) is 15.5 Å². The monoisotopic (exact) mass is 573 g/mol. The zero-order chi connectivity index (χ0) is 29.6. The van der Waals surface area contributed by atoms with Gasteiger partial charge >= 0.3 is 0 Å². The number of hydrogen-bond donors (Lipinski definition) is 4. The lowest BCUT2D eigenvalue weighted by Crippen LogP contribution is -2.59. The first-order valence-corrected chi connectivity index (χ1v) is 16.1. The van der Waals surface area contributed by atoms with E-state index in [1.165, 1.54) is 19.3 Å². The summed E-state index contributed by atoms with van der Waals surface area (Å²) in [7, 11) is 0. The Kier molecular flexibility index (Phi) is 14.6. The number of hydrogen-bond acceptors (Lipinski definition) is 6. The van der Waals surface area contributed by atoms with E-state index in [2.05, 4.69) is 17.6 Å². The van der Waals surface area contributed by atoms with E-state index in [4.69, 9.17) is 4.74 Å². The van der Waals surface area contributed by atoms with Crippen molar-refractivity contribution in [2.75, 3.05) is 26.3 Å². The van der Waals surface area contributed by atoms with Crippen LogP contribution in [0, 0.1) is 11.8 Å². The summed E-state index contributed by atoms with van der Waals surface area (Å²) in [4.78, 5) is 29.5. The van der Waals surface area contributed by atoms with Crippen molar-refractivity contribution >= 4 is 11.8 Å². The van der Waals surface area contributed by atoms with Crippen LogP contribution in [-0.2, 0) is 20.7 Å². The molecule has 8 nitrogen and oxygen atoms in total. The second kappa shape index (κ2) is 17.8. The Morgan fingerprint density at radius 3 is 2.34 bits per heavy atom. The number of rotatable bonds is 16. The molecular weight excluding hydrogens is 518 g/mol. The average molecular weight is 574 g/mol. The summed E-state index contributed by atoms with van der Waals surface area (Å²) in [6, 6.07) is 8.23. The topological polar surface area (TPSA) is 111 Å². The predicted molar refractivity (Wildman–Crippen MR) is 162 cm³/mol. The molecule has 1 aromatic carbocycles. The van der Waals surface area contributed by atoms with Gasteiger partial charge in [-0.15, -0.1) is 0 Å².